The van der Waals surface area contributed by atoms with Gasteiger partial charge in [0.15, 0.2) is 0 Å². The lowest BCUT2D eigenvalue weighted by Crippen LogP contribution is -2.40. The summed E-state index contributed by atoms with van der Waals surface area (Å²) in [5.74, 6) is 0.681. The number of terminal acetylenes is 1. The van der Waals surface area contributed by atoms with Gasteiger partial charge in [-0.25, -0.2) is 0 Å². The second kappa shape index (κ2) is 3.03. The third-order valence-electron chi connectivity index (χ3n) is 3.42. The molecule has 0 saturated carbocycles. The van der Waals surface area contributed by atoms with Crippen molar-refractivity contribution in [3.8, 4) is 12.0 Å². The molecule has 1 heteroatoms. The minimum Gasteiger partial charge on any atom is -0.135 e. The quantitative estimate of drug-likeness (QED) is 0.438. The molecule has 0 aliphatic carbocycles. The molecular formula is C10H20Si. The van der Waals surface area contributed by atoms with E-state index in [0.717, 1.165) is 0 Å². The lowest BCUT2D eigenvalue weighted by molar-refractivity contribution is 0.462. The lowest BCUT2D eigenvalue weighted by atomic mass is 9.99. The van der Waals surface area contributed by atoms with Crippen molar-refractivity contribution in [3.63, 3.8) is 0 Å². The van der Waals surface area contributed by atoms with Crippen LogP contribution in [0.2, 0.25) is 18.1 Å². The molecule has 0 heterocycles. The van der Waals surface area contributed by atoms with Crippen molar-refractivity contribution in [1.29, 1.82) is 0 Å². The van der Waals surface area contributed by atoms with Crippen molar-refractivity contribution in [3.05, 3.63) is 0 Å². The molecular weight excluding hydrogens is 148 g/mol. The Kier molecular flexibility index (Phi) is 2.96. The van der Waals surface area contributed by atoms with Crippen LogP contribution in [0.1, 0.15) is 27.7 Å². The molecule has 0 aliphatic heterocycles. The number of hydrogen-bond donors (Lipinski definition) is 0. The van der Waals surface area contributed by atoms with Crippen LogP contribution in [0.3, 0.4) is 0 Å². The summed E-state index contributed by atoms with van der Waals surface area (Å²) in [5, 5.41) is 0.349. The highest BCUT2D eigenvalue weighted by Gasteiger charge is 2.39. The molecule has 0 aromatic carbocycles. The summed E-state index contributed by atoms with van der Waals surface area (Å²) in [7, 11) is -1.44. The van der Waals surface area contributed by atoms with Crippen LogP contribution < -0.4 is 0 Å². The van der Waals surface area contributed by atoms with Crippen molar-refractivity contribution < 1.29 is 0 Å². The van der Waals surface area contributed by atoms with Gasteiger partial charge in [-0.3, -0.25) is 0 Å². The molecule has 0 saturated heterocycles. The first-order valence-electron chi connectivity index (χ1n) is 4.23. The maximum absolute atomic E-state index is 5.54. The SMILES string of the molecule is C#C[Si](C)(C)C(C)(C)C(C)C. The molecule has 0 atom stereocenters. The average Bonchev–Trinajstić information content (AvgIpc) is 1.87. The van der Waals surface area contributed by atoms with Crippen LogP contribution in [0.25, 0.3) is 0 Å². The lowest BCUT2D eigenvalue weighted by Gasteiger charge is -2.39. The second-order valence-electron chi connectivity index (χ2n) is 4.65. The van der Waals surface area contributed by atoms with Gasteiger partial charge in [0, 0.05) is 0 Å². The van der Waals surface area contributed by atoms with Gasteiger partial charge in [0.25, 0.3) is 0 Å². The van der Waals surface area contributed by atoms with Crippen molar-refractivity contribution in [1.82, 2.24) is 0 Å². The highest BCUT2D eigenvalue weighted by Crippen LogP contribution is 2.43. The first-order valence-corrected chi connectivity index (χ1v) is 7.23. The number of hydrogen-bond acceptors (Lipinski definition) is 0. The average molecular weight is 168 g/mol. The summed E-state index contributed by atoms with van der Waals surface area (Å²) in [6.45, 7) is 13.6. The number of rotatable bonds is 2. The van der Waals surface area contributed by atoms with E-state index in [1.807, 2.05) is 0 Å². The smallest absolute Gasteiger partial charge is 0.135 e. The predicted octanol–water partition coefficient (Wildman–Crippen LogP) is 3.30. The highest BCUT2D eigenvalue weighted by molar-refractivity contribution is 6.87. The minimum atomic E-state index is -1.44. The van der Waals surface area contributed by atoms with Crippen molar-refractivity contribution in [2.45, 2.75) is 45.8 Å². The molecule has 0 radical (unpaired) electrons. The Balaban J connectivity index is 4.71. The van der Waals surface area contributed by atoms with E-state index < -0.39 is 8.07 Å². The first-order chi connectivity index (χ1) is 4.75. The predicted molar refractivity (Wildman–Crippen MR) is 55.2 cm³/mol. The van der Waals surface area contributed by atoms with E-state index >= 15 is 0 Å². The Labute approximate surface area is 72.4 Å². The molecule has 0 bridgehead atoms. The van der Waals surface area contributed by atoms with Crippen LogP contribution in [-0.4, -0.2) is 8.07 Å². The van der Waals surface area contributed by atoms with E-state index in [1.165, 1.54) is 0 Å². The van der Waals surface area contributed by atoms with Gasteiger partial charge in [0.05, 0.1) is 0 Å². The van der Waals surface area contributed by atoms with Gasteiger partial charge in [0.2, 0.25) is 0 Å². The summed E-state index contributed by atoms with van der Waals surface area (Å²) in [4.78, 5) is 0. The molecule has 0 fully saturated rings. The van der Waals surface area contributed by atoms with E-state index in [2.05, 4.69) is 46.3 Å². The van der Waals surface area contributed by atoms with E-state index in [1.54, 1.807) is 0 Å². The monoisotopic (exact) mass is 168 g/mol. The van der Waals surface area contributed by atoms with E-state index in [9.17, 15) is 0 Å². The van der Waals surface area contributed by atoms with Crippen molar-refractivity contribution in [2.75, 3.05) is 0 Å². The summed E-state index contributed by atoms with van der Waals surface area (Å²) in [6, 6.07) is 0. The Bertz CT molecular complexity index is 170. The zero-order valence-corrected chi connectivity index (χ0v) is 9.65. The summed E-state index contributed by atoms with van der Waals surface area (Å²) in [5.41, 5.74) is 3.00. The zero-order valence-electron chi connectivity index (χ0n) is 8.65. The largest absolute Gasteiger partial charge is 0.137 e. The van der Waals surface area contributed by atoms with Crippen LogP contribution in [0.5, 0.6) is 0 Å². The van der Waals surface area contributed by atoms with E-state index in [0.29, 0.717) is 11.0 Å². The van der Waals surface area contributed by atoms with E-state index in [-0.39, 0.29) is 0 Å². The van der Waals surface area contributed by atoms with Crippen LogP contribution in [0.4, 0.5) is 0 Å². The zero-order chi connectivity index (χ0) is 9.28. The van der Waals surface area contributed by atoms with Crippen LogP contribution in [0, 0.1) is 17.9 Å². The van der Waals surface area contributed by atoms with Gasteiger partial charge < -0.3 is 0 Å². The molecule has 0 N–H and O–H groups in total. The highest BCUT2D eigenvalue weighted by atomic mass is 28.3. The Morgan fingerprint density at radius 2 is 1.64 bits per heavy atom. The summed E-state index contributed by atoms with van der Waals surface area (Å²) < 4.78 is 0. The fourth-order valence-electron chi connectivity index (χ4n) is 0.908. The summed E-state index contributed by atoms with van der Waals surface area (Å²) >= 11 is 0. The Morgan fingerprint density at radius 1 is 1.27 bits per heavy atom. The maximum atomic E-state index is 5.54. The van der Waals surface area contributed by atoms with Crippen molar-refractivity contribution in [2.24, 2.45) is 5.92 Å². The normalized spacial score (nSPS) is 13.3. The molecule has 0 aromatic rings. The Hall–Kier alpha value is -0.223. The van der Waals surface area contributed by atoms with E-state index in [4.69, 9.17) is 6.42 Å². The first kappa shape index (κ1) is 10.8. The van der Waals surface area contributed by atoms with Crippen LogP contribution >= 0.6 is 0 Å². The maximum Gasteiger partial charge on any atom is 0.137 e. The third kappa shape index (κ3) is 1.87. The van der Waals surface area contributed by atoms with Gasteiger partial charge >= 0.3 is 0 Å². The fourth-order valence-corrected chi connectivity index (χ4v) is 2.72. The minimum absolute atomic E-state index is 0.349. The second-order valence-corrected chi connectivity index (χ2v) is 9.47. The van der Waals surface area contributed by atoms with Gasteiger partial charge in [-0.1, -0.05) is 40.8 Å². The van der Waals surface area contributed by atoms with Gasteiger partial charge in [-0.05, 0) is 11.0 Å². The fraction of sp³-hybridized carbons (Fsp3) is 0.800. The topological polar surface area (TPSA) is 0 Å². The molecule has 0 nitrogen and oxygen atoms in total. The molecule has 11 heavy (non-hydrogen) atoms. The standard InChI is InChI=1S/C10H20Si/c1-8-11(6,7)10(4,5)9(2)3/h1,9H,2-7H3. The van der Waals surface area contributed by atoms with Gasteiger partial charge in [-0.15, -0.1) is 12.0 Å². The van der Waals surface area contributed by atoms with Gasteiger partial charge in [-0.2, -0.15) is 0 Å². The van der Waals surface area contributed by atoms with Gasteiger partial charge in [0.1, 0.15) is 8.07 Å². The molecule has 0 spiro atoms. The molecule has 0 unspecified atom stereocenters. The molecule has 0 amide bonds. The summed E-state index contributed by atoms with van der Waals surface area (Å²) in [6.07, 6.45) is 5.54. The molecule has 0 aromatic heterocycles. The third-order valence-corrected chi connectivity index (χ3v) is 7.94. The molecule has 0 rings (SSSR count). The Morgan fingerprint density at radius 3 is 1.73 bits per heavy atom. The van der Waals surface area contributed by atoms with Crippen molar-refractivity contribution >= 4 is 8.07 Å². The van der Waals surface area contributed by atoms with Crippen LogP contribution in [-0.2, 0) is 0 Å². The molecule has 0 aliphatic rings. The molecule has 64 valence electrons. The van der Waals surface area contributed by atoms with Crippen LogP contribution in [0.15, 0.2) is 0 Å².